The number of carbonyl (C=O) groups is 1. The number of amides is 1. The molecule has 104 valence electrons. The lowest BCUT2D eigenvalue weighted by Crippen LogP contribution is -2.45. The van der Waals surface area contributed by atoms with Crippen LogP contribution in [0.25, 0.3) is 0 Å². The van der Waals surface area contributed by atoms with Crippen molar-refractivity contribution in [3.05, 3.63) is 35.9 Å². The molecule has 1 rings (SSSR count). The highest BCUT2D eigenvalue weighted by Crippen LogP contribution is 2.22. The molecule has 0 bridgehead atoms. The molecule has 2 unspecified atom stereocenters. The van der Waals surface area contributed by atoms with Gasteiger partial charge in [-0.1, -0.05) is 42.4 Å². The Kier molecular flexibility index (Phi) is 5.36. The predicted molar refractivity (Wildman–Crippen MR) is 75.1 cm³/mol. The number of benzene rings is 1. The Morgan fingerprint density at radius 2 is 2.00 bits per heavy atom. The zero-order valence-electron chi connectivity index (χ0n) is 11.6. The van der Waals surface area contributed by atoms with Crippen molar-refractivity contribution in [3.8, 4) is 0 Å². The van der Waals surface area contributed by atoms with E-state index in [-0.39, 0.29) is 17.7 Å². The van der Waals surface area contributed by atoms with Crippen molar-refractivity contribution in [3.63, 3.8) is 0 Å². The summed E-state index contributed by atoms with van der Waals surface area (Å²) in [7, 11) is 1.66. The van der Waals surface area contributed by atoms with Gasteiger partial charge >= 0.3 is 0 Å². The molecule has 1 amide bonds. The van der Waals surface area contributed by atoms with Crippen LogP contribution in [0.5, 0.6) is 0 Å². The van der Waals surface area contributed by atoms with Crippen LogP contribution in [0.4, 0.5) is 0 Å². The fraction of sp³-hybridized carbons (Fsp3) is 0.429. The van der Waals surface area contributed by atoms with Gasteiger partial charge in [-0.15, -0.1) is 0 Å². The molecule has 0 aliphatic carbocycles. The van der Waals surface area contributed by atoms with Crippen LogP contribution in [0.2, 0.25) is 0 Å². The number of nitrogens with zero attached hydrogens (tertiary/aromatic N) is 2. The minimum atomic E-state index is -0.435. The topological polar surface area (TPSA) is 78.9 Å². The fourth-order valence-corrected chi connectivity index (χ4v) is 1.96. The molecule has 0 aliphatic heterocycles. The van der Waals surface area contributed by atoms with Crippen LogP contribution in [0.1, 0.15) is 31.7 Å². The van der Waals surface area contributed by atoms with Gasteiger partial charge < -0.3 is 15.8 Å². The lowest BCUT2D eigenvalue weighted by atomic mass is 9.94. The van der Waals surface area contributed by atoms with Gasteiger partial charge in [-0.2, -0.15) is 0 Å². The van der Waals surface area contributed by atoms with Crippen molar-refractivity contribution >= 4 is 11.7 Å². The van der Waals surface area contributed by atoms with Crippen LogP contribution >= 0.6 is 0 Å². The fourth-order valence-electron chi connectivity index (χ4n) is 1.96. The van der Waals surface area contributed by atoms with Crippen molar-refractivity contribution < 1.29 is 10.0 Å². The summed E-state index contributed by atoms with van der Waals surface area (Å²) in [4.78, 5) is 14.0. The lowest BCUT2D eigenvalue weighted by molar-refractivity contribution is -0.132. The van der Waals surface area contributed by atoms with Gasteiger partial charge in [0.1, 0.15) is 0 Å². The van der Waals surface area contributed by atoms with E-state index in [2.05, 4.69) is 5.16 Å². The number of carbonyl (C=O) groups excluding carboxylic acids is 1. The molecule has 0 spiro atoms. The molecular weight excluding hydrogens is 242 g/mol. The van der Waals surface area contributed by atoms with E-state index in [9.17, 15) is 4.79 Å². The van der Waals surface area contributed by atoms with E-state index in [0.717, 1.165) is 5.56 Å². The van der Waals surface area contributed by atoms with Gasteiger partial charge in [0.15, 0.2) is 5.84 Å². The van der Waals surface area contributed by atoms with E-state index in [4.69, 9.17) is 10.9 Å². The average Bonchev–Trinajstić information content (AvgIpc) is 2.46. The first-order chi connectivity index (χ1) is 9.02. The minimum Gasteiger partial charge on any atom is -0.409 e. The second-order valence-corrected chi connectivity index (χ2v) is 4.52. The van der Waals surface area contributed by atoms with Crippen LogP contribution in [0.3, 0.4) is 0 Å². The summed E-state index contributed by atoms with van der Waals surface area (Å²) in [5.74, 6) is -0.216. The van der Waals surface area contributed by atoms with Gasteiger partial charge in [-0.25, -0.2) is 0 Å². The molecule has 3 N–H and O–H groups in total. The third-order valence-electron chi connectivity index (χ3n) is 3.38. The third-order valence-corrected chi connectivity index (χ3v) is 3.38. The molecule has 5 heteroatoms. The van der Waals surface area contributed by atoms with Crippen LogP contribution < -0.4 is 5.73 Å². The van der Waals surface area contributed by atoms with E-state index in [1.165, 1.54) is 4.90 Å². The van der Waals surface area contributed by atoms with E-state index >= 15 is 0 Å². The number of nitrogens with two attached hydrogens (primary N) is 1. The Hall–Kier alpha value is -2.04. The van der Waals surface area contributed by atoms with Gasteiger partial charge in [0, 0.05) is 7.05 Å². The number of hydrogen-bond acceptors (Lipinski definition) is 3. The largest absolute Gasteiger partial charge is 0.409 e. The van der Waals surface area contributed by atoms with Crippen molar-refractivity contribution in [1.29, 1.82) is 0 Å². The van der Waals surface area contributed by atoms with Crippen LogP contribution in [0.15, 0.2) is 35.5 Å². The number of oxime groups is 1. The van der Waals surface area contributed by atoms with Crippen LogP contribution in [0, 0.1) is 0 Å². The number of hydrogen-bond donors (Lipinski definition) is 2. The Labute approximate surface area is 113 Å². The SMILES string of the molecule is CCC(C(=O)N(C)C(C)C(N)=NO)c1ccccc1. The maximum absolute atomic E-state index is 12.5. The first-order valence-corrected chi connectivity index (χ1v) is 6.31. The summed E-state index contributed by atoms with van der Waals surface area (Å²) in [6.07, 6.45) is 0.704. The standard InChI is InChI=1S/C14H21N3O2/c1-4-12(11-8-6-5-7-9-11)14(18)17(3)10(2)13(15)16-19/h5-10,12,19H,4H2,1-3H3,(H2,15,16). The smallest absolute Gasteiger partial charge is 0.230 e. The molecule has 0 saturated heterocycles. The highest BCUT2D eigenvalue weighted by atomic mass is 16.4. The molecule has 0 radical (unpaired) electrons. The summed E-state index contributed by atoms with van der Waals surface area (Å²) >= 11 is 0. The first kappa shape index (κ1) is 15.0. The zero-order chi connectivity index (χ0) is 14.4. The molecule has 19 heavy (non-hydrogen) atoms. The zero-order valence-corrected chi connectivity index (χ0v) is 11.6. The molecule has 0 fully saturated rings. The molecule has 1 aromatic carbocycles. The first-order valence-electron chi connectivity index (χ1n) is 6.31. The van der Waals surface area contributed by atoms with E-state index in [0.29, 0.717) is 6.42 Å². The summed E-state index contributed by atoms with van der Waals surface area (Å²) in [6.45, 7) is 3.70. The van der Waals surface area contributed by atoms with Gasteiger partial charge in [-0.3, -0.25) is 4.79 Å². The molecule has 1 aromatic rings. The number of rotatable bonds is 5. The monoisotopic (exact) mass is 263 g/mol. The van der Waals surface area contributed by atoms with Gasteiger partial charge in [-0.05, 0) is 18.9 Å². The second-order valence-electron chi connectivity index (χ2n) is 4.52. The van der Waals surface area contributed by atoms with Gasteiger partial charge in [0.2, 0.25) is 5.91 Å². The van der Waals surface area contributed by atoms with E-state index < -0.39 is 6.04 Å². The molecule has 0 heterocycles. The van der Waals surface area contributed by atoms with Crippen molar-refractivity contribution in [1.82, 2.24) is 4.90 Å². The quantitative estimate of drug-likeness (QED) is 0.368. The van der Waals surface area contributed by atoms with Gasteiger partial charge in [0.05, 0.1) is 12.0 Å². The molecule has 0 saturated carbocycles. The minimum absolute atomic E-state index is 0.0266. The van der Waals surface area contributed by atoms with Crippen molar-refractivity contribution in [2.45, 2.75) is 32.2 Å². The van der Waals surface area contributed by atoms with Crippen molar-refractivity contribution in [2.24, 2.45) is 10.9 Å². The van der Waals surface area contributed by atoms with Crippen molar-refractivity contribution in [2.75, 3.05) is 7.05 Å². The molecule has 0 aromatic heterocycles. The number of likely N-dealkylation sites (N-methyl/N-ethyl adjacent to an activating group) is 1. The molecule has 0 aliphatic rings. The lowest BCUT2D eigenvalue weighted by Gasteiger charge is -2.28. The average molecular weight is 263 g/mol. The Bertz CT molecular complexity index is 445. The molecular formula is C14H21N3O2. The van der Waals surface area contributed by atoms with Crippen LogP contribution in [-0.4, -0.2) is 34.9 Å². The summed E-state index contributed by atoms with van der Waals surface area (Å²) in [5.41, 5.74) is 6.52. The van der Waals surface area contributed by atoms with Gasteiger partial charge in [0.25, 0.3) is 0 Å². The Morgan fingerprint density at radius 1 is 1.42 bits per heavy atom. The summed E-state index contributed by atoms with van der Waals surface area (Å²) < 4.78 is 0. The second kappa shape index (κ2) is 6.78. The maximum atomic E-state index is 12.5. The Balaban J connectivity index is 2.91. The number of amidine groups is 1. The molecule has 5 nitrogen and oxygen atoms in total. The highest BCUT2D eigenvalue weighted by Gasteiger charge is 2.26. The predicted octanol–water partition coefficient (Wildman–Crippen LogP) is 1.77. The van der Waals surface area contributed by atoms with E-state index in [1.54, 1.807) is 14.0 Å². The molecule has 2 atom stereocenters. The highest BCUT2D eigenvalue weighted by molar-refractivity contribution is 5.91. The summed E-state index contributed by atoms with van der Waals surface area (Å²) in [5, 5.41) is 11.6. The van der Waals surface area contributed by atoms with Crippen LogP contribution in [-0.2, 0) is 4.79 Å². The normalized spacial score (nSPS) is 14.8. The maximum Gasteiger partial charge on any atom is 0.230 e. The Morgan fingerprint density at radius 3 is 2.47 bits per heavy atom. The third kappa shape index (κ3) is 3.47. The summed E-state index contributed by atoms with van der Waals surface area (Å²) in [6, 6.07) is 9.19. The van der Waals surface area contributed by atoms with E-state index in [1.807, 2.05) is 37.3 Å².